The van der Waals surface area contributed by atoms with E-state index in [1.165, 1.54) is 33.1 Å². The third kappa shape index (κ3) is 3.61. The summed E-state index contributed by atoms with van der Waals surface area (Å²) in [4.78, 5) is 11.8. The number of carbonyl (C=O) groups is 1. The van der Waals surface area contributed by atoms with Gasteiger partial charge < -0.3 is 10.1 Å². The van der Waals surface area contributed by atoms with Crippen LogP contribution in [0.3, 0.4) is 0 Å². The predicted molar refractivity (Wildman–Crippen MR) is 66.2 cm³/mol. The molecule has 0 aliphatic heterocycles. The van der Waals surface area contributed by atoms with Gasteiger partial charge in [0.15, 0.2) is 0 Å². The van der Waals surface area contributed by atoms with Crippen molar-refractivity contribution in [3.05, 3.63) is 28.8 Å². The summed E-state index contributed by atoms with van der Waals surface area (Å²) in [6.45, 7) is 2.87. The monoisotopic (exact) mass is 295 g/mol. The molecule has 0 saturated heterocycles. The molecule has 7 heteroatoms. The van der Waals surface area contributed by atoms with Crippen molar-refractivity contribution in [1.29, 1.82) is 0 Å². The molecule has 1 aromatic carbocycles. The molecule has 0 atom stereocenters. The molecule has 19 heavy (non-hydrogen) atoms. The molecule has 0 aliphatic carbocycles. The highest BCUT2D eigenvalue weighted by Gasteiger charge is 2.36. The standard InChI is InChI=1S/C12H13ClF3NO2/c1-11(2,19-3)10(18)17-9-7(12(14,15)16)5-4-6-8(9)13/h4-6H,1-3H3,(H,17,18). The summed E-state index contributed by atoms with van der Waals surface area (Å²) in [7, 11) is 1.29. The summed E-state index contributed by atoms with van der Waals surface area (Å²) in [6, 6.07) is 3.29. The number of halogens is 4. The molecule has 0 radical (unpaired) electrons. The predicted octanol–water partition coefficient (Wildman–Crippen LogP) is 3.72. The van der Waals surface area contributed by atoms with E-state index in [0.717, 1.165) is 6.07 Å². The molecule has 106 valence electrons. The first-order chi connectivity index (χ1) is 8.59. The lowest BCUT2D eigenvalue weighted by Gasteiger charge is -2.23. The first-order valence-corrected chi connectivity index (χ1v) is 5.69. The Bertz CT molecular complexity index is 486. The van der Waals surface area contributed by atoms with Crippen LogP contribution in [0.15, 0.2) is 18.2 Å². The van der Waals surface area contributed by atoms with E-state index in [9.17, 15) is 18.0 Å². The molecule has 0 aliphatic rings. The van der Waals surface area contributed by atoms with Crippen LogP contribution in [0.5, 0.6) is 0 Å². The van der Waals surface area contributed by atoms with E-state index in [2.05, 4.69) is 5.32 Å². The van der Waals surface area contributed by atoms with Gasteiger partial charge in [-0.05, 0) is 26.0 Å². The van der Waals surface area contributed by atoms with Gasteiger partial charge in [0, 0.05) is 7.11 Å². The highest BCUT2D eigenvalue weighted by Crippen LogP contribution is 2.38. The van der Waals surface area contributed by atoms with Gasteiger partial charge in [-0.15, -0.1) is 0 Å². The minimum Gasteiger partial charge on any atom is -0.369 e. The van der Waals surface area contributed by atoms with E-state index in [-0.39, 0.29) is 5.02 Å². The third-order valence-electron chi connectivity index (χ3n) is 2.61. The second-order valence-corrected chi connectivity index (χ2v) is 4.74. The molecule has 0 unspecified atom stereocenters. The average Bonchev–Trinajstić information content (AvgIpc) is 2.30. The van der Waals surface area contributed by atoms with Crippen LogP contribution >= 0.6 is 11.6 Å². The van der Waals surface area contributed by atoms with E-state index in [0.29, 0.717) is 0 Å². The molecule has 0 aromatic heterocycles. The van der Waals surface area contributed by atoms with Crippen LogP contribution in [-0.4, -0.2) is 18.6 Å². The van der Waals surface area contributed by atoms with Gasteiger partial charge in [-0.3, -0.25) is 4.79 Å². The van der Waals surface area contributed by atoms with Crippen LogP contribution in [0.1, 0.15) is 19.4 Å². The Kier molecular flexibility index (Phi) is 4.47. The molecule has 3 nitrogen and oxygen atoms in total. The van der Waals surface area contributed by atoms with Gasteiger partial charge in [-0.2, -0.15) is 13.2 Å². The van der Waals surface area contributed by atoms with Crippen molar-refractivity contribution in [2.24, 2.45) is 0 Å². The number of carbonyl (C=O) groups excluding carboxylic acids is 1. The second kappa shape index (κ2) is 5.38. The molecule has 0 heterocycles. The van der Waals surface area contributed by atoms with Crippen LogP contribution < -0.4 is 5.32 Å². The van der Waals surface area contributed by atoms with Crippen LogP contribution in [0.4, 0.5) is 18.9 Å². The zero-order valence-electron chi connectivity index (χ0n) is 10.6. The Balaban J connectivity index is 3.18. The summed E-state index contributed by atoms with van der Waals surface area (Å²) in [6.07, 6.45) is -4.61. The van der Waals surface area contributed by atoms with Gasteiger partial charge >= 0.3 is 6.18 Å². The Labute approximate surface area is 113 Å². The summed E-state index contributed by atoms with van der Waals surface area (Å²) in [5.41, 5.74) is -2.73. The molecule has 1 N–H and O–H groups in total. The molecule has 1 amide bonds. The van der Waals surface area contributed by atoms with E-state index in [1.807, 2.05) is 0 Å². The average molecular weight is 296 g/mol. The van der Waals surface area contributed by atoms with Gasteiger partial charge in [0.1, 0.15) is 5.60 Å². The van der Waals surface area contributed by atoms with E-state index < -0.39 is 28.9 Å². The van der Waals surface area contributed by atoms with Gasteiger partial charge in [0.25, 0.3) is 5.91 Å². The highest BCUT2D eigenvalue weighted by molar-refractivity contribution is 6.34. The molecule has 1 rings (SSSR count). The van der Waals surface area contributed by atoms with Gasteiger partial charge in [0.2, 0.25) is 0 Å². The fourth-order valence-corrected chi connectivity index (χ4v) is 1.47. The maximum Gasteiger partial charge on any atom is 0.418 e. The summed E-state index contributed by atoms with van der Waals surface area (Å²) in [5, 5.41) is 1.98. The van der Waals surface area contributed by atoms with Crippen molar-refractivity contribution in [3.63, 3.8) is 0 Å². The first kappa shape index (κ1) is 15.8. The number of benzene rings is 1. The van der Waals surface area contributed by atoms with Gasteiger partial charge in [-0.1, -0.05) is 17.7 Å². The van der Waals surface area contributed by atoms with E-state index in [1.54, 1.807) is 0 Å². The zero-order valence-corrected chi connectivity index (χ0v) is 11.3. The third-order valence-corrected chi connectivity index (χ3v) is 2.93. The Morgan fingerprint density at radius 2 is 1.89 bits per heavy atom. The first-order valence-electron chi connectivity index (χ1n) is 5.32. The molecule has 0 bridgehead atoms. The highest BCUT2D eigenvalue weighted by atomic mass is 35.5. The quantitative estimate of drug-likeness (QED) is 0.923. The minimum atomic E-state index is -4.61. The Morgan fingerprint density at radius 1 is 1.32 bits per heavy atom. The van der Waals surface area contributed by atoms with Crippen LogP contribution in [-0.2, 0) is 15.7 Å². The number of anilines is 1. The maximum absolute atomic E-state index is 12.8. The van der Waals surface area contributed by atoms with Gasteiger partial charge in [0.05, 0.1) is 16.3 Å². The van der Waals surface area contributed by atoms with E-state index >= 15 is 0 Å². The summed E-state index contributed by atoms with van der Waals surface area (Å²) in [5.74, 6) is -0.714. The lowest BCUT2D eigenvalue weighted by molar-refractivity contribution is -0.137. The number of para-hydroxylation sites is 1. The number of nitrogens with one attached hydrogen (secondary N) is 1. The number of amides is 1. The molecular weight excluding hydrogens is 283 g/mol. The molecule has 0 spiro atoms. The van der Waals surface area contributed by atoms with Crippen molar-refractivity contribution in [1.82, 2.24) is 0 Å². The maximum atomic E-state index is 12.8. The fourth-order valence-electron chi connectivity index (χ4n) is 1.24. The van der Waals surface area contributed by atoms with Crippen molar-refractivity contribution < 1.29 is 22.7 Å². The number of hydrogen-bond acceptors (Lipinski definition) is 2. The number of methoxy groups -OCH3 is 1. The number of hydrogen-bond donors (Lipinski definition) is 1. The van der Waals surface area contributed by atoms with Crippen LogP contribution in [0, 0.1) is 0 Å². The smallest absolute Gasteiger partial charge is 0.369 e. The normalized spacial score (nSPS) is 12.4. The summed E-state index contributed by atoms with van der Waals surface area (Å²) < 4.78 is 43.3. The van der Waals surface area contributed by atoms with Crippen LogP contribution in [0.2, 0.25) is 5.02 Å². The number of rotatable bonds is 3. The largest absolute Gasteiger partial charge is 0.418 e. The molecule has 0 saturated carbocycles. The van der Waals surface area contributed by atoms with Crippen LogP contribution in [0.25, 0.3) is 0 Å². The number of ether oxygens (including phenoxy) is 1. The molecular formula is C12H13ClF3NO2. The topological polar surface area (TPSA) is 38.3 Å². The fraction of sp³-hybridized carbons (Fsp3) is 0.417. The Morgan fingerprint density at radius 3 is 2.37 bits per heavy atom. The van der Waals surface area contributed by atoms with Crippen molar-refractivity contribution in [2.45, 2.75) is 25.6 Å². The Hall–Kier alpha value is -1.27. The zero-order chi connectivity index (χ0) is 14.8. The lowest BCUT2D eigenvalue weighted by Crippen LogP contribution is -2.39. The molecule has 1 aromatic rings. The summed E-state index contributed by atoms with van der Waals surface area (Å²) >= 11 is 5.72. The second-order valence-electron chi connectivity index (χ2n) is 4.33. The van der Waals surface area contributed by atoms with Crippen molar-refractivity contribution >= 4 is 23.2 Å². The number of alkyl halides is 3. The molecule has 0 fully saturated rings. The van der Waals surface area contributed by atoms with Gasteiger partial charge in [-0.25, -0.2) is 0 Å². The van der Waals surface area contributed by atoms with Crippen molar-refractivity contribution in [3.8, 4) is 0 Å². The van der Waals surface area contributed by atoms with E-state index in [4.69, 9.17) is 16.3 Å². The lowest BCUT2D eigenvalue weighted by atomic mass is 10.1. The van der Waals surface area contributed by atoms with Crippen molar-refractivity contribution in [2.75, 3.05) is 12.4 Å². The minimum absolute atomic E-state index is 0.185. The SMILES string of the molecule is COC(C)(C)C(=O)Nc1c(Cl)cccc1C(F)(F)F.